The minimum Gasteiger partial charge on any atom is -0.303 e. The normalized spacial score (nSPS) is 18.4. The van der Waals surface area contributed by atoms with Crippen molar-refractivity contribution in [2.24, 2.45) is 0 Å². The molecule has 0 aliphatic heterocycles. The van der Waals surface area contributed by atoms with Crippen LogP contribution in [-0.4, -0.2) is 57.5 Å². The lowest BCUT2D eigenvalue weighted by Crippen LogP contribution is -2.41. The predicted octanol–water partition coefficient (Wildman–Crippen LogP) is -0.393. The quantitative estimate of drug-likeness (QED) is 0.661. The summed E-state index contributed by atoms with van der Waals surface area (Å²) in [6.07, 6.45) is 3.52. The van der Waals surface area contributed by atoms with Crippen LogP contribution in [0, 0.1) is 11.3 Å². The molecular weight excluding hydrogens is 226 g/mol. The molecular formula is C10H19N3O2S. The molecule has 1 aliphatic rings. The highest BCUT2D eigenvalue weighted by atomic mass is 32.2. The second kappa shape index (κ2) is 5.62. The van der Waals surface area contributed by atoms with E-state index in [-0.39, 0.29) is 11.8 Å². The standard InChI is InChI=1S/C10H19N3O2S/c1-13(5-6-16(2,14)15)8-10(7-11)12-9-3-4-9/h9-10,12H,3-6,8H2,1-2H3. The molecule has 0 radical (unpaired) electrons. The van der Waals surface area contributed by atoms with E-state index in [0.717, 1.165) is 12.8 Å². The third-order valence-electron chi connectivity index (χ3n) is 2.51. The van der Waals surface area contributed by atoms with Crippen LogP contribution in [0.25, 0.3) is 0 Å². The summed E-state index contributed by atoms with van der Waals surface area (Å²) < 4.78 is 21.9. The molecule has 0 aromatic rings. The van der Waals surface area contributed by atoms with Gasteiger partial charge in [0.1, 0.15) is 15.9 Å². The zero-order chi connectivity index (χ0) is 12.2. The summed E-state index contributed by atoms with van der Waals surface area (Å²) in [7, 11) is -1.08. The molecule has 16 heavy (non-hydrogen) atoms. The van der Waals surface area contributed by atoms with Gasteiger partial charge >= 0.3 is 0 Å². The first-order valence-electron chi connectivity index (χ1n) is 5.42. The van der Waals surface area contributed by atoms with Crippen LogP contribution in [-0.2, 0) is 9.84 Å². The van der Waals surface area contributed by atoms with E-state index in [1.165, 1.54) is 6.26 Å². The van der Waals surface area contributed by atoms with E-state index < -0.39 is 9.84 Å². The molecule has 1 rings (SSSR count). The molecule has 6 heteroatoms. The summed E-state index contributed by atoms with van der Waals surface area (Å²) in [5.41, 5.74) is 0. The van der Waals surface area contributed by atoms with Gasteiger partial charge in [-0.15, -0.1) is 0 Å². The number of nitriles is 1. The van der Waals surface area contributed by atoms with Gasteiger partial charge in [-0.25, -0.2) is 8.42 Å². The highest BCUT2D eigenvalue weighted by Gasteiger charge is 2.25. The number of sulfone groups is 1. The molecule has 1 saturated carbocycles. The Kier molecular flexibility index (Phi) is 4.71. The minimum absolute atomic E-state index is 0.144. The molecule has 1 aliphatic carbocycles. The largest absolute Gasteiger partial charge is 0.303 e. The first kappa shape index (κ1) is 13.4. The number of rotatable bonds is 7. The van der Waals surface area contributed by atoms with Crippen LogP contribution in [0.3, 0.4) is 0 Å². The van der Waals surface area contributed by atoms with Crippen LogP contribution in [0.4, 0.5) is 0 Å². The molecule has 1 N–H and O–H groups in total. The number of hydrogen-bond donors (Lipinski definition) is 1. The van der Waals surface area contributed by atoms with Crippen molar-refractivity contribution in [1.29, 1.82) is 5.26 Å². The van der Waals surface area contributed by atoms with Crippen LogP contribution in [0.1, 0.15) is 12.8 Å². The molecule has 0 bridgehead atoms. The van der Waals surface area contributed by atoms with Gasteiger partial charge in [-0.05, 0) is 19.9 Å². The van der Waals surface area contributed by atoms with Crippen LogP contribution < -0.4 is 5.32 Å². The van der Waals surface area contributed by atoms with E-state index >= 15 is 0 Å². The molecule has 0 amide bonds. The highest BCUT2D eigenvalue weighted by Crippen LogP contribution is 2.19. The molecule has 0 saturated heterocycles. The topological polar surface area (TPSA) is 73.2 Å². The van der Waals surface area contributed by atoms with E-state index in [2.05, 4.69) is 11.4 Å². The molecule has 0 spiro atoms. The number of hydrogen-bond acceptors (Lipinski definition) is 5. The summed E-state index contributed by atoms with van der Waals surface area (Å²) in [5, 5.41) is 12.1. The maximum absolute atomic E-state index is 11.0. The molecule has 0 heterocycles. The number of nitrogens with zero attached hydrogens (tertiary/aromatic N) is 2. The van der Waals surface area contributed by atoms with Gasteiger partial charge in [-0.3, -0.25) is 5.32 Å². The van der Waals surface area contributed by atoms with E-state index in [1.54, 1.807) is 0 Å². The SMILES string of the molecule is CN(CCS(C)(=O)=O)CC(C#N)NC1CC1. The third-order valence-corrected chi connectivity index (χ3v) is 3.43. The van der Waals surface area contributed by atoms with E-state index in [1.807, 2.05) is 11.9 Å². The van der Waals surface area contributed by atoms with Gasteiger partial charge in [-0.2, -0.15) is 5.26 Å². The number of likely N-dealkylation sites (N-methyl/N-ethyl adjacent to an activating group) is 1. The van der Waals surface area contributed by atoms with Gasteiger partial charge in [0.2, 0.25) is 0 Å². The van der Waals surface area contributed by atoms with Crippen molar-refractivity contribution in [1.82, 2.24) is 10.2 Å². The van der Waals surface area contributed by atoms with Crippen molar-refractivity contribution in [3.63, 3.8) is 0 Å². The van der Waals surface area contributed by atoms with Gasteiger partial charge in [0.05, 0.1) is 11.8 Å². The van der Waals surface area contributed by atoms with Crippen LogP contribution in [0.15, 0.2) is 0 Å². The first-order valence-corrected chi connectivity index (χ1v) is 7.48. The average molecular weight is 245 g/mol. The Bertz CT molecular complexity index is 357. The smallest absolute Gasteiger partial charge is 0.148 e. The van der Waals surface area contributed by atoms with Crippen LogP contribution >= 0.6 is 0 Å². The first-order chi connectivity index (χ1) is 7.40. The third kappa shape index (κ3) is 6.05. The summed E-state index contributed by atoms with van der Waals surface area (Å²) in [6.45, 7) is 1.05. The zero-order valence-electron chi connectivity index (χ0n) is 9.81. The van der Waals surface area contributed by atoms with E-state index in [0.29, 0.717) is 19.1 Å². The maximum atomic E-state index is 11.0. The molecule has 92 valence electrons. The number of nitrogens with one attached hydrogen (secondary N) is 1. The summed E-state index contributed by atoms with van der Waals surface area (Å²) >= 11 is 0. The van der Waals surface area contributed by atoms with Gasteiger partial charge in [0.15, 0.2) is 0 Å². The molecule has 1 fully saturated rings. The molecule has 0 aromatic carbocycles. The van der Waals surface area contributed by atoms with Crippen molar-refractivity contribution in [2.45, 2.75) is 24.9 Å². The Labute approximate surface area is 97.3 Å². The van der Waals surface area contributed by atoms with Crippen molar-refractivity contribution < 1.29 is 8.42 Å². The van der Waals surface area contributed by atoms with Gasteiger partial charge < -0.3 is 4.90 Å². The molecule has 0 aromatic heterocycles. The molecule has 1 unspecified atom stereocenters. The fraction of sp³-hybridized carbons (Fsp3) is 0.900. The van der Waals surface area contributed by atoms with Gasteiger partial charge in [0.25, 0.3) is 0 Å². The van der Waals surface area contributed by atoms with Crippen molar-refractivity contribution in [3.05, 3.63) is 0 Å². The highest BCUT2D eigenvalue weighted by molar-refractivity contribution is 7.90. The monoisotopic (exact) mass is 245 g/mol. The van der Waals surface area contributed by atoms with Gasteiger partial charge in [-0.1, -0.05) is 0 Å². The van der Waals surface area contributed by atoms with Crippen molar-refractivity contribution in [3.8, 4) is 6.07 Å². The lowest BCUT2D eigenvalue weighted by molar-refractivity contribution is 0.325. The second-order valence-corrected chi connectivity index (χ2v) is 6.77. The summed E-state index contributed by atoms with van der Waals surface area (Å²) in [4.78, 5) is 1.88. The van der Waals surface area contributed by atoms with Crippen molar-refractivity contribution in [2.75, 3.05) is 32.1 Å². The Morgan fingerprint density at radius 1 is 1.56 bits per heavy atom. The Balaban J connectivity index is 2.25. The fourth-order valence-electron chi connectivity index (χ4n) is 1.39. The summed E-state index contributed by atoms with van der Waals surface area (Å²) in [6, 6.07) is 2.50. The maximum Gasteiger partial charge on any atom is 0.148 e. The van der Waals surface area contributed by atoms with Gasteiger partial charge in [0, 0.05) is 25.4 Å². The van der Waals surface area contributed by atoms with E-state index in [9.17, 15) is 8.42 Å². The molecule has 5 nitrogen and oxygen atoms in total. The fourth-order valence-corrected chi connectivity index (χ4v) is 2.03. The Morgan fingerprint density at radius 2 is 2.19 bits per heavy atom. The predicted molar refractivity (Wildman–Crippen MR) is 62.8 cm³/mol. The molecule has 1 atom stereocenters. The van der Waals surface area contributed by atoms with Crippen molar-refractivity contribution >= 4 is 9.84 Å². The second-order valence-electron chi connectivity index (χ2n) is 4.51. The average Bonchev–Trinajstić information content (AvgIpc) is 2.96. The minimum atomic E-state index is -2.92. The van der Waals surface area contributed by atoms with Crippen LogP contribution in [0.2, 0.25) is 0 Å². The lowest BCUT2D eigenvalue weighted by atomic mass is 10.3. The Hall–Kier alpha value is -0.640. The summed E-state index contributed by atoms with van der Waals surface area (Å²) in [5.74, 6) is 0.144. The van der Waals surface area contributed by atoms with Crippen LogP contribution in [0.5, 0.6) is 0 Å². The Morgan fingerprint density at radius 3 is 2.62 bits per heavy atom. The van der Waals surface area contributed by atoms with E-state index in [4.69, 9.17) is 5.26 Å². The zero-order valence-corrected chi connectivity index (χ0v) is 10.6. The lowest BCUT2D eigenvalue weighted by Gasteiger charge is -2.20.